The first kappa shape index (κ1) is 16.0. The lowest BCUT2D eigenvalue weighted by Crippen LogP contribution is -2.21. The van der Waals surface area contributed by atoms with Crippen LogP contribution < -0.4 is 10.1 Å². The molecule has 0 bridgehead atoms. The van der Waals surface area contributed by atoms with Crippen LogP contribution in [0.4, 0.5) is 0 Å². The molecule has 2 unspecified atom stereocenters. The van der Waals surface area contributed by atoms with E-state index in [0.717, 1.165) is 31.1 Å². The molecule has 116 valence electrons. The highest BCUT2D eigenvalue weighted by atomic mass is 16.5. The summed E-state index contributed by atoms with van der Waals surface area (Å²) in [6.45, 7) is 8.26. The summed E-state index contributed by atoms with van der Waals surface area (Å²) in [5.41, 5.74) is 2.34. The fraction of sp³-hybridized carbons (Fsp3) is 0.611. The van der Waals surface area contributed by atoms with E-state index >= 15 is 0 Å². The zero-order valence-corrected chi connectivity index (χ0v) is 13.7. The molecule has 0 fully saturated rings. The topological polar surface area (TPSA) is 34.1 Å². The normalized spacial score (nSPS) is 21.8. The van der Waals surface area contributed by atoms with Gasteiger partial charge in [0.1, 0.15) is 0 Å². The maximum Gasteiger partial charge on any atom is 0.213 e. The lowest BCUT2D eigenvalue weighted by atomic mass is 9.85. The molecule has 0 radical (unpaired) electrons. The van der Waals surface area contributed by atoms with E-state index in [2.05, 4.69) is 55.4 Å². The minimum atomic E-state index is 0.417. The second-order valence-corrected chi connectivity index (χ2v) is 6.41. The van der Waals surface area contributed by atoms with E-state index in [1.165, 1.54) is 12.0 Å². The smallest absolute Gasteiger partial charge is 0.213 e. The molecule has 1 aromatic heterocycles. The lowest BCUT2D eigenvalue weighted by Gasteiger charge is -2.25. The number of hydrogen-bond donors (Lipinski definition) is 1. The molecule has 21 heavy (non-hydrogen) atoms. The van der Waals surface area contributed by atoms with Gasteiger partial charge >= 0.3 is 0 Å². The van der Waals surface area contributed by atoms with Gasteiger partial charge in [0.05, 0.1) is 6.61 Å². The number of allylic oxidation sites excluding steroid dienone is 2. The van der Waals surface area contributed by atoms with E-state index in [1.807, 2.05) is 7.05 Å². The first-order valence-electron chi connectivity index (χ1n) is 8.03. The van der Waals surface area contributed by atoms with Crippen LogP contribution in [0.5, 0.6) is 5.88 Å². The van der Waals surface area contributed by atoms with Gasteiger partial charge in [0.15, 0.2) is 0 Å². The molecule has 1 aliphatic rings. The molecule has 1 aromatic rings. The lowest BCUT2D eigenvalue weighted by molar-refractivity contribution is 0.192. The minimum absolute atomic E-state index is 0.417. The summed E-state index contributed by atoms with van der Waals surface area (Å²) in [5, 5.41) is 3.20. The Morgan fingerprint density at radius 2 is 2.05 bits per heavy atom. The van der Waals surface area contributed by atoms with E-state index in [9.17, 15) is 0 Å². The number of nitrogens with one attached hydrogen (secondary N) is 1. The van der Waals surface area contributed by atoms with Crippen LogP contribution in [0.15, 0.2) is 24.3 Å². The Labute approximate surface area is 128 Å². The highest BCUT2D eigenvalue weighted by Gasteiger charge is 2.19. The van der Waals surface area contributed by atoms with Gasteiger partial charge in [-0.1, -0.05) is 32.9 Å². The third kappa shape index (κ3) is 4.57. The molecule has 3 nitrogen and oxygen atoms in total. The van der Waals surface area contributed by atoms with Gasteiger partial charge in [0, 0.05) is 18.3 Å². The van der Waals surface area contributed by atoms with Crippen LogP contribution in [0.2, 0.25) is 0 Å². The molecule has 0 aromatic carbocycles. The average Bonchev–Trinajstić information content (AvgIpc) is 2.46. The van der Waals surface area contributed by atoms with Gasteiger partial charge in [-0.2, -0.15) is 0 Å². The van der Waals surface area contributed by atoms with Crippen molar-refractivity contribution in [3.05, 3.63) is 35.5 Å². The second-order valence-electron chi connectivity index (χ2n) is 6.41. The van der Waals surface area contributed by atoms with Crippen molar-refractivity contribution in [1.82, 2.24) is 10.3 Å². The summed E-state index contributed by atoms with van der Waals surface area (Å²) >= 11 is 0. The van der Waals surface area contributed by atoms with Crippen molar-refractivity contribution in [2.24, 2.45) is 11.8 Å². The van der Waals surface area contributed by atoms with Gasteiger partial charge in [-0.05, 0) is 49.3 Å². The van der Waals surface area contributed by atoms with Crippen molar-refractivity contribution >= 4 is 0 Å². The predicted molar refractivity (Wildman–Crippen MR) is 87.6 cm³/mol. The summed E-state index contributed by atoms with van der Waals surface area (Å²) in [7, 11) is 1.96. The first-order chi connectivity index (χ1) is 10.1. The maximum absolute atomic E-state index is 6.02. The summed E-state index contributed by atoms with van der Waals surface area (Å²) in [4.78, 5) is 4.66. The van der Waals surface area contributed by atoms with Crippen molar-refractivity contribution in [3.8, 4) is 5.88 Å². The van der Waals surface area contributed by atoms with Crippen molar-refractivity contribution in [3.63, 3.8) is 0 Å². The van der Waals surface area contributed by atoms with Crippen LogP contribution in [0.3, 0.4) is 0 Å². The van der Waals surface area contributed by atoms with E-state index in [-0.39, 0.29) is 0 Å². The van der Waals surface area contributed by atoms with Crippen LogP contribution in [0, 0.1) is 11.8 Å². The van der Waals surface area contributed by atoms with Crippen LogP contribution in [0.25, 0.3) is 0 Å². The Balaban J connectivity index is 2.06. The van der Waals surface area contributed by atoms with Gasteiger partial charge in [0.2, 0.25) is 5.88 Å². The van der Waals surface area contributed by atoms with Gasteiger partial charge in [0.25, 0.3) is 0 Å². The van der Waals surface area contributed by atoms with Crippen molar-refractivity contribution < 1.29 is 4.74 Å². The highest BCUT2D eigenvalue weighted by molar-refractivity contribution is 5.26. The summed E-state index contributed by atoms with van der Waals surface area (Å²) < 4.78 is 6.02. The third-order valence-corrected chi connectivity index (χ3v) is 4.22. The van der Waals surface area contributed by atoms with Crippen LogP contribution in [-0.4, -0.2) is 18.6 Å². The quantitative estimate of drug-likeness (QED) is 0.806. The molecule has 3 heteroatoms. The number of hydrogen-bond acceptors (Lipinski definition) is 3. The highest BCUT2D eigenvalue weighted by Crippen LogP contribution is 2.26. The SMILES string of the molecule is CNCc1cc(OCC2CC=CCC2C)nc(C(C)C)c1. The molecule has 1 N–H and O–H groups in total. The summed E-state index contributed by atoms with van der Waals surface area (Å²) in [6, 6.07) is 4.23. The van der Waals surface area contributed by atoms with Gasteiger partial charge in [-0.3, -0.25) is 0 Å². The Hall–Kier alpha value is -1.35. The number of pyridine rings is 1. The number of rotatable bonds is 6. The molecule has 0 amide bonds. The zero-order valence-electron chi connectivity index (χ0n) is 13.7. The average molecular weight is 288 g/mol. The molecule has 1 aliphatic carbocycles. The summed E-state index contributed by atoms with van der Waals surface area (Å²) in [6.07, 6.45) is 6.84. The van der Waals surface area contributed by atoms with Crippen molar-refractivity contribution in [2.75, 3.05) is 13.7 Å². The molecule has 2 atom stereocenters. The molecule has 1 heterocycles. The Kier molecular flexibility index (Phi) is 5.80. The standard InChI is InChI=1S/C18H28N2O/c1-13(2)17-9-15(11-19-4)10-18(20-17)21-12-16-8-6-5-7-14(16)3/h5-6,9-10,13-14,16,19H,7-8,11-12H2,1-4H3. The summed E-state index contributed by atoms with van der Waals surface area (Å²) in [5.74, 6) is 2.49. The first-order valence-corrected chi connectivity index (χ1v) is 8.03. The van der Waals surface area contributed by atoms with Crippen molar-refractivity contribution in [1.29, 1.82) is 0 Å². The number of aromatic nitrogens is 1. The minimum Gasteiger partial charge on any atom is -0.477 e. The van der Waals surface area contributed by atoms with E-state index in [1.54, 1.807) is 0 Å². The Morgan fingerprint density at radius 1 is 1.29 bits per heavy atom. The van der Waals surface area contributed by atoms with E-state index < -0.39 is 0 Å². The largest absolute Gasteiger partial charge is 0.477 e. The molecular weight excluding hydrogens is 260 g/mol. The molecule has 0 spiro atoms. The molecule has 0 saturated heterocycles. The van der Waals surface area contributed by atoms with Crippen molar-refractivity contribution in [2.45, 2.75) is 46.1 Å². The maximum atomic E-state index is 6.02. The molecule has 0 saturated carbocycles. The zero-order chi connectivity index (χ0) is 15.2. The fourth-order valence-corrected chi connectivity index (χ4v) is 2.69. The number of nitrogens with zero attached hydrogens (tertiary/aromatic N) is 1. The number of ether oxygens (including phenoxy) is 1. The van der Waals surface area contributed by atoms with Crippen LogP contribution in [0.1, 0.15) is 50.8 Å². The second kappa shape index (κ2) is 7.60. The Morgan fingerprint density at radius 3 is 2.71 bits per heavy atom. The molecule has 2 rings (SSSR count). The van der Waals surface area contributed by atoms with Crippen LogP contribution in [-0.2, 0) is 6.54 Å². The van der Waals surface area contributed by atoms with Gasteiger partial charge < -0.3 is 10.1 Å². The monoisotopic (exact) mass is 288 g/mol. The Bertz CT molecular complexity index is 482. The van der Waals surface area contributed by atoms with Gasteiger partial charge in [-0.25, -0.2) is 4.98 Å². The molecule has 0 aliphatic heterocycles. The van der Waals surface area contributed by atoms with Crippen LogP contribution >= 0.6 is 0 Å². The van der Waals surface area contributed by atoms with Gasteiger partial charge in [-0.15, -0.1) is 0 Å². The van der Waals surface area contributed by atoms with E-state index in [4.69, 9.17) is 4.74 Å². The van der Waals surface area contributed by atoms with E-state index in [0.29, 0.717) is 17.8 Å². The molecular formula is C18H28N2O. The fourth-order valence-electron chi connectivity index (χ4n) is 2.69. The third-order valence-electron chi connectivity index (χ3n) is 4.22. The predicted octanol–water partition coefficient (Wildman–Crippen LogP) is 3.91.